The number of aliphatic hydroxyl groups is 2. The standard InChI is InChI=1S/C59H72FN7O16/c1-26-11-9-12-27(2)57(76)64-43-46(65-20-16-31(17-21-65)63-32-13-10-19-66(24-32)45-36(60)23-34-44(55(45)80-8)67(33-14-15-33)25-35(49(34)71)58(77)78)51(73)38-39(50(43)72)48(70)29(4)53-40(38)56(75)59(6,83-53)81-22-18-37(79-7)28(3)54(82-30(5)68)42(62)52(74)41(61)47(26)69/h9,11-12,18,22-23,25-26,28,31-33,37,41-42,47,52,54,63,69-70,74H,10,13-17,19-21,24,61-62H2,1-8H3,(H,64,76)(H,77,78)/b11-9+,22-18?,27-12-/t26-,28+,32?,37-,41+,42+,47-,52+,54+,59-/m0/s1. The second kappa shape index (κ2) is 23.6. The summed E-state index contributed by atoms with van der Waals surface area (Å²) in [7, 11) is 2.74. The number of aromatic carboxylic acids is 1. The van der Waals surface area contributed by atoms with Gasteiger partial charge in [-0.05, 0) is 64.5 Å². The number of Topliss-reactive ketones (excluding diaryl/α,β-unsaturated/α-hetero) is 3. The number of allylic oxidation sites excluding steroid dienone is 4. The van der Waals surface area contributed by atoms with Crippen LogP contribution in [0.25, 0.3) is 10.9 Å². The smallest absolute Gasteiger partial charge is 0.341 e. The molecule has 3 aromatic rings. The summed E-state index contributed by atoms with van der Waals surface area (Å²) in [5.74, 6) is -10.9. The molecule has 7 aliphatic rings. The van der Waals surface area contributed by atoms with E-state index < -0.39 is 129 Å². The van der Waals surface area contributed by atoms with Crippen LogP contribution in [0.4, 0.5) is 10.1 Å². The van der Waals surface area contributed by atoms with Crippen LogP contribution in [0.1, 0.15) is 126 Å². The number of ketones is 3. The Morgan fingerprint density at radius 1 is 0.904 bits per heavy atom. The van der Waals surface area contributed by atoms with E-state index >= 15 is 14.0 Å². The summed E-state index contributed by atoms with van der Waals surface area (Å²) < 4.78 is 47.5. The quantitative estimate of drug-likeness (QED) is 0.142. The average molecular weight is 1150 g/mol. The number of hydrogen-bond donors (Lipinski definition) is 8. The maximum absolute atomic E-state index is 16.4. The molecule has 3 fully saturated rings. The number of carbonyl (C=O) groups excluding carboxylic acids is 5. The van der Waals surface area contributed by atoms with Gasteiger partial charge < -0.3 is 80.6 Å². The van der Waals surface area contributed by atoms with Crippen molar-refractivity contribution in [1.29, 1.82) is 0 Å². The van der Waals surface area contributed by atoms with Gasteiger partial charge in [-0.1, -0.05) is 32.1 Å². The molecule has 1 saturated carbocycles. The lowest BCUT2D eigenvalue weighted by Crippen LogP contribution is -2.60. The monoisotopic (exact) mass is 1150 g/mol. The molecule has 23 nitrogen and oxygen atoms in total. The van der Waals surface area contributed by atoms with E-state index in [1.54, 1.807) is 23.3 Å². The Kier molecular flexibility index (Phi) is 17.1. The summed E-state index contributed by atoms with van der Waals surface area (Å²) in [6.07, 6.45) is 6.57. The molecule has 0 spiro atoms. The zero-order chi connectivity index (χ0) is 60.3. The fourth-order valence-electron chi connectivity index (χ4n) is 12.1. The highest BCUT2D eigenvalue weighted by Crippen LogP contribution is 2.50. The number of aliphatic hydroxyl groups excluding tert-OH is 2. The summed E-state index contributed by atoms with van der Waals surface area (Å²) in [6, 6.07) is -2.07. The highest BCUT2D eigenvalue weighted by atomic mass is 19.1. The number of ether oxygens (including phenoxy) is 5. The van der Waals surface area contributed by atoms with E-state index in [-0.39, 0.29) is 76.2 Å². The van der Waals surface area contributed by atoms with E-state index in [1.807, 2.05) is 4.90 Å². The van der Waals surface area contributed by atoms with Crippen LogP contribution in [0.5, 0.6) is 17.2 Å². The number of rotatable bonds is 9. The lowest BCUT2D eigenvalue weighted by molar-refractivity contribution is -0.155. The molecule has 1 unspecified atom stereocenters. The fraction of sp³-hybridized carbons (Fsp3) is 0.508. The Bertz CT molecular complexity index is 3360. The molecule has 0 radical (unpaired) electrons. The lowest BCUT2D eigenvalue weighted by Gasteiger charge is -2.41. The average Bonchev–Trinajstić information content (AvgIpc) is 4.42. The van der Waals surface area contributed by atoms with Crippen molar-refractivity contribution in [2.45, 2.75) is 140 Å². The number of fused-ring (bicyclic) bond motifs is 15. The Hall–Kier alpha value is -7.48. The summed E-state index contributed by atoms with van der Waals surface area (Å²) in [5, 5.41) is 50.7. The molecule has 10 atom stereocenters. The lowest BCUT2D eigenvalue weighted by atomic mass is 9.82. The highest BCUT2D eigenvalue weighted by Gasteiger charge is 2.53. The van der Waals surface area contributed by atoms with Crippen LogP contribution in [0, 0.1) is 24.6 Å². The molecule has 446 valence electrons. The number of carboxylic acids is 1. The van der Waals surface area contributed by atoms with Crippen molar-refractivity contribution in [3.05, 3.63) is 104 Å². The molecule has 5 bridgehead atoms. The zero-order valence-corrected chi connectivity index (χ0v) is 47.5. The molecule has 2 saturated heterocycles. The number of carbonyl (C=O) groups is 6. The summed E-state index contributed by atoms with van der Waals surface area (Å²) >= 11 is 0. The van der Waals surface area contributed by atoms with Gasteiger partial charge in [-0.15, -0.1) is 0 Å². The largest absolute Gasteiger partial charge is 0.507 e. The van der Waals surface area contributed by atoms with Gasteiger partial charge in [0, 0.05) is 94.4 Å². The number of amides is 1. The van der Waals surface area contributed by atoms with E-state index in [9.17, 15) is 44.4 Å². The number of pyridine rings is 1. The van der Waals surface area contributed by atoms with E-state index in [0.717, 1.165) is 32.1 Å². The van der Waals surface area contributed by atoms with Gasteiger partial charge in [-0.2, -0.15) is 0 Å². The molecule has 2 aromatic carbocycles. The number of phenols is 1. The number of carboxylic acid groups (broad SMARTS) is 1. The SMILES string of the molecule is COc1c(N2CCCC(NC3CCN(C4=C5NC(=O)/C(C)=C\C=C\[C@H](C)[C@H](O)[C@@H](N)[C@@H](O)[C@@H](N)[C@H](OC(C)=O)[C@H](C)[C@@H](OC)C=CO[C@@]6(C)Oc7c(C)c(O)c(c(c7C6=O)C4=O)C5=O)CC3)C2)c(F)cc2c(=O)c(C(=O)O)cn(C3CC3)c12. The number of halogens is 1. The van der Waals surface area contributed by atoms with E-state index in [2.05, 4.69) is 10.6 Å². The number of hydrogen-bond acceptors (Lipinski definition) is 20. The van der Waals surface area contributed by atoms with Gasteiger partial charge in [0.15, 0.2) is 11.6 Å². The number of benzene rings is 2. The van der Waals surface area contributed by atoms with Gasteiger partial charge in [-0.3, -0.25) is 28.8 Å². The number of piperidine rings is 2. The van der Waals surface area contributed by atoms with Crippen molar-refractivity contribution < 1.29 is 77.3 Å². The molecule has 5 aliphatic heterocycles. The van der Waals surface area contributed by atoms with Crippen LogP contribution < -0.4 is 41.9 Å². The molecular weight excluding hydrogens is 1080 g/mol. The number of phenolic OH excluding ortho intramolecular Hbond substituents is 1. The van der Waals surface area contributed by atoms with Gasteiger partial charge in [0.2, 0.25) is 17.0 Å². The third-order valence-electron chi connectivity index (χ3n) is 17.0. The topological polar surface area (TPSA) is 334 Å². The van der Waals surface area contributed by atoms with Crippen LogP contribution in [0.2, 0.25) is 0 Å². The fourth-order valence-corrected chi connectivity index (χ4v) is 12.1. The van der Waals surface area contributed by atoms with E-state index in [1.165, 1.54) is 65.5 Å². The number of esters is 1. The van der Waals surface area contributed by atoms with Crippen LogP contribution in [0.15, 0.2) is 64.6 Å². The minimum absolute atomic E-state index is 0.0432. The van der Waals surface area contributed by atoms with Crippen molar-refractivity contribution in [3.63, 3.8) is 0 Å². The van der Waals surface area contributed by atoms with Crippen LogP contribution in [-0.4, -0.2) is 160 Å². The van der Waals surface area contributed by atoms with Crippen LogP contribution >= 0.6 is 0 Å². The molecule has 10 rings (SSSR count). The summed E-state index contributed by atoms with van der Waals surface area (Å²) in [6.45, 7) is 9.62. The third kappa shape index (κ3) is 11.1. The van der Waals surface area contributed by atoms with Crippen molar-refractivity contribution >= 4 is 51.8 Å². The molecule has 83 heavy (non-hydrogen) atoms. The Morgan fingerprint density at radius 2 is 1.60 bits per heavy atom. The number of nitrogens with zero attached hydrogens (tertiary/aromatic N) is 3. The number of nitrogens with two attached hydrogens (primary N) is 2. The second-order valence-electron chi connectivity index (χ2n) is 22.6. The number of anilines is 1. The molecule has 2 aliphatic carbocycles. The Labute approximate surface area is 477 Å². The molecular formula is C59H72FN7O16. The predicted octanol–water partition coefficient (Wildman–Crippen LogP) is 3.56. The number of likely N-dealkylation sites (tertiary alicyclic amines) is 1. The van der Waals surface area contributed by atoms with E-state index in [4.69, 9.17) is 35.2 Å². The maximum atomic E-state index is 16.4. The first-order valence-electron chi connectivity index (χ1n) is 27.8. The van der Waals surface area contributed by atoms with Gasteiger partial charge >= 0.3 is 17.7 Å². The van der Waals surface area contributed by atoms with Gasteiger partial charge in [0.25, 0.3) is 11.7 Å². The van der Waals surface area contributed by atoms with Gasteiger partial charge in [0.1, 0.15) is 40.2 Å². The number of nitrogens with one attached hydrogen (secondary N) is 2. The van der Waals surface area contributed by atoms with Crippen molar-refractivity contribution in [1.82, 2.24) is 20.1 Å². The van der Waals surface area contributed by atoms with Gasteiger partial charge in [-0.25, -0.2) is 9.18 Å². The third-order valence-corrected chi connectivity index (χ3v) is 17.0. The molecule has 1 amide bonds. The van der Waals surface area contributed by atoms with Crippen molar-refractivity contribution in [2.24, 2.45) is 23.3 Å². The number of aromatic hydroxyl groups is 1. The molecule has 24 heteroatoms. The summed E-state index contributed by atoms with van der Waals surface area (Å²) in [5.41, 5.74) is 10.1. The predicted molar refractivity (Wildman–Crippen MR) is 299 cm³/mol. The first-order valence-corrected chi connectivity index (χ1v) is 27.8. The van der Waals surface area contributed by atoms with E-state index in [0.29, 0.717) is 44.3 Å². The maximum Gasteiger partial charge on any atom is 0.341 e. The first kappa shape index (κ1) is 60.1. The number of aromatic nitrogens is 1. The zero-order valence-electron chi connectivity index (χ0n) is 47.5. The highest BCUT2D eigenvalue weighted by molar-refractivity contribution is 6.32. The van der Waals surface area contributed by atoms with Gasteiger partial charge in [0.05, 0.1) is 71.4 Å². The molecule has 6 heterocycles. The number of methoxy groups -OCH3 is 2. The van der Waals surface area contributed by atoms with Crippen molar-refractivity contribution in [3.8, 4) is 17.2 Å². The minimum Gasteiger partial charge on any atom is -0.507 e. The first-order chi connectivity index (χ1) is 39.3. The Morgan fingerprint density at radius 3 is 2.24 bits per heavy atom. The van der Waals surface area contributed by atoms with Crippen LogP contribution in [-0.2, 0) is 23.8 Å². The Balaban J connectivity index is 1.03. The molecule has 1 aromatic heterocycles. The second-order valence-corrected chi connectivity index (χ2v) is 22.6. The normalized spacial score (nSPS) is 29.5. The van der Waals surface area contributed by atoms with Crippen molar-refractivity contribution in [2.75, 3.05) is 45.3 Å². The minimum atomic E-state index is -2.20. The van der Waals surface area contributed by atoms with Crippen LogP contribution in [0.3, 0.4) is 0 Å². The summed E-state index contributed by atoms with van der Waals surface area (Å²) in [4.78, 5) is 101. The molecule has 10 N–H and O–H groups in total.